The second-order valence-electron chi connectivity index (χ2n) is 3.46. The van der Waals surface area contributed by atoms with Gasteiger partial charge in [-0.05, 0) is 19.4 Å². The minimum Gasteiger partial charge on any atom is -0.475 e. The van der Waals surface area contributed by atoms with Gasteiger partial charge in [0.15, 0.2) is 0 Å². The summed E-state index contributed by atoms with van der Waals surface area (Å²) in [6.07, 6.45) is -2.93. The first kappa shape index (κ1) is 15.7. The van der Waals surface area contributed by atoms with Crippen molar-refractivity contribution >= 4 is 11.9 Å². The van der Waals surface area contributed by atoms with Crippen molar-refractivity contribution in [1.82, 2.24) is 10.6 Å². The number of piperidine rings is 1. The maximum Gasteiger partial charge on any atom is 0.490 e. The van der Waals surface area contributed by atoms with Gasteiger partial charge in [-0.15, -0.1) is 0 Å². The zero-order chi connectivity index (χ0) is 13.5. The van der Waals surface area contributed by atoms with E-state index in [0.29, 0.717) is 0 Å². The van der Waals surface area contributed by atoms with E-state index in [2.05, 4.69) is 10.6 Å². The topological polar surface area (TPSA) is 78.4 Å². The number of hydrogen-bond acceptors (Lipinski definition) is 3. The van der Waals surface area contributed by atoms with Crippen molar-refractivity contribution in [3.63, 3.8) is 0 Å². The summed E-state index contributed by atoms with van der Waals surface area (Å²) < 4.78 is 31.7. The third kappa shape index (κ3) is 6.77. The fourth-order valence-corrected chi connectivity index (χ4v) is 1.28. The van der Waals surface area contributed by atoms with Crippen LogP contribution in [0, 0.1) is 5.92 Å². The minimum atomic E-state index is -5.08. The van der Waals surface area contributed by atoms with Gasteiger partial charge in [-0.1, -0.05) is 0 Å². The summed E-state index contributed by atoms with van der Waals surface area (Å²) in [6, 6.07) is 0. The number of carboxylic acids is 1. The molecule has 1 aliphatic rings. The van der Waals surface area contributed by atoms with Gasteiger partial charge in [0.2, 0.25) is 5.91 Å². The van der Waals surface area contributed by atoms with Gasteiger partial charge in [-0.3, -0.25) is 4.79 Å². The minimum absolute atomic E-state index is 0.173. The van der Waals surface area contributed by atoms with Crippen LogP contribution in [0.3, 0.4) is 0 Å². The Morgan fingerprint density at radius 3 is 2.24 bits per heavy atom. The maximum atomic E-state index is 11.0. The number of rotatable bonds is 1. The number of nitrogens with one attached hydrogen (secondary N) is 2. The second kappa shape index (κ2) is 7.10. The first-order chi connectivity index (χ1) is 7.79. The Hall–Kier alpha value is -1.31. The second-order valence-corrected chi connectivity index (χ2v) is 3.46. The molecule has 1 rings (SSSR count). The standard InChI is InChI=1S/C7H14N2O.C2HF3O2/c1-8-7(10)6-3-2-4-9-5-6;3-2(4,5)1(6)7/h6,9H,2-5H2,1H3,(H,8,10);(H,6,7)/t6-;/m1./s1. The van der Waals surface area contributed by atoms with Gasteiger partial charge >= 0.3 is 12.1 Å². The molecular weight excluding hydrogens is 241 g/mol. The van der Waals surface area contributed by atoms with Crippen molar-refractivity contribution < 1.29 is 27.9 Å². The van der Waals surface area contributed by atoms with Crippen LogP contribution in [0.15, 0.2) is 0 Å². The lowest BCUT2D eigenvalue weighted by Gasteiger charge is -2.20. The van der Waals surface area contributed by atoms with E-state index in [1.54, 1.807) is 7.05 Å². The fourth-order valence-electron chi connectivity index (χ4n) is 1.28. The molecule has 1 heterocycles. The predicted octanol–water partition coefficient (Wildman–Crippen LogP) is 0.365. The van der Waals surface area contributed by atoms with Crippen molar-refractivity contribution in [3.05, 3.63) is 0 Å². The first-order valence-corrected chi connectivity index (χ1v) is 5.01. The molecule has 1 saturated heterocycles. The van der Waals surface area contributed by atoms with Crippen LogP contribution in [0.4, 0.5) is 13.2 Å². The van der Waals surface area contributed by atoms with Gasteiger partial charge in [-0.25, -0.2) is 4.79 Å². The highest BCUT2D eigenvalue weighted by molar-refractivity contribution is 5.78. The van der Waals surface area contributed by atoms with Gasteiger partial charge in [-0.2, -0.15) is 13.2 Å². The van der Waals surface area contributed by atoms with Crippen molar-refractivity contribution in [2.75, 3.05) is 20.1 Å². The van der Waals surface area contributed by atoms with E-state index in [0.717, 1.165) is 25.9 Å². The summed E-state index contributed by atoms with van der Waals surface area (Å²) in [5.74, 6) is -2.38. The molecule has 0 unspecified atom stereocenters. The normalized spacial score (nSPS) is 19.9. The monoisotopic (exact) mass is 256 g/mol. The van der Waals surface area contributed by atoms with Gasteiger partial charge in [0.1, 0.15) is 0 Å². The number of halogens is 3. The number of carbonyl (C=O) groups is 2. The first-order valence-electron chi connectivity index (χ1n) is 5.01. The maximum absolute atomic E-state index is 11.0. The van der Waals surface area contributed by atoms with Crippen LogP contribution in [-0.4, -0.2) is 43.3 Å². The molecule has 0 aromatic carbocycles. The number of alkyl halides is 3. The number of carboxylic acid groups (broad SMARTS) is 1. The highest BCUT2D eigenvalue weighted by atomic mass is 19.4. The summed E-state index contributed by atoms with van der Waals surface area (Å²) in [5.41, 5.74) is 0. The molecule has 5 nitrogen and oxygen atoms in total. The van der Waals surface area contributed by atoms with Crippen molar-refractivity contribution in [2.24, 2.45) is 5.92 Å². The molecular formula is C9H15F3N2O3. The van der Waals surface area contributed by atoms with Gasteiger partial charge in [0, 0.05) is 13.6 Å². The third-order valence-electron chi connectivity index (χ3n) is 2.16. The van der Waals surface area contributed by atoms with Crippen molar-refractivity contribution in [1.29, 1.82) is 0 Å². The van der Waals surface area contributed by atoms with E-state index in [1.807, 2.05) is 0 Å². The summed E-state index contributed by atoms with van der Waals surface area (Å²) in [7, 11) is 1.69. The predicted molar refractivity (Wildman–Crippen MR) is 53.4 cm³/mol. The molecule has 0 aromatic heterocycles. The Morgan fingerprint density at radius 2 is 1.94 bits per heavy atom. The summed E-state index contributed by atoms with van der Waals surface area (Å²) in [6.45, 7) is 1.91. The zero-order valence-electron chi connectivity index (χ0n) is 9.30. The summed E-state index contributed by atoms with van der Waals surface area (Å²) >= 11 is 0. The van der Waals surface area contributed by atoms with E-state index in [4.69, 9.17) is 9.90 Å². The van der Waals surface area contributed by atoms with E-state index in [9.17, 15) is 18.0 Å². The molecule has 0 radical (unpaired) electrons. The van der Waals surface area contributed by atoms with Crippen LogP contribution in [0.1, 0.15) is 12.8 Å². The number of carbonyl (C=O) groups excluding carboxylic acids is 1. The van der Waals surface area contributed by atoms with Gasteiger partial charge in [0.25, 0.3) is 0 Å². The molecule has 1 aliphatic heterocycles. The molecule has 1 atom stereocenters. The third-order valence-corrected chi connectivity index (χ3v) is 2.16. The van der Waals surface area contributed by atoms with Crippen LogP contribution in [0.2, 0.25) is 0 Å². The Labute approximate surface area is 96.4 Å². The highest BCUT2D eigenvalue weighted by Gasteiger charge is 2.38. The Balaban J connectivity index is 0.000000325. The van der Waals surface area contributed by atoms with Crippen molar-refractivity contribution in [3.8, 4) is 0 Å². The largest absolute Gasteiger partial charge is 0.490 e. The Morgan fingerprint density at radius 1 is 1.41 bits per heavy atom. The van der Waals surface area contributed by atoms with Gasteiger partial charge < -0.3 is 15.7 Å². The lowest BCUT2D eigenvalue weighted by molar-refractivity contribution is -0.192. The molecule has 3 N–H and O–H groups in total. The fraction of sp³-hybridized carbons (Fsp3) is 0.778. The SMILES string of the molecule is CNC(=O)[C@@H]1CCCNC1.O=C(O)C(F)(F)F. The van der Waals surface area contributed by atoms with Crippen LogP contribution in [0.5, 0.6) is 0 Å². The average molecular weight is 256 g/mol. The highest BCUT2D eigenvalue weighted by Crippen LogP contribution is 2.13. The smallest absolute Gasteiger partial charge is 0.475 e. The summed E-state index contributed by atoms with van der Waals surface area (Å²) in [5, 5.41) is 13.0. The molecule has 0 spiro atoms. The number of aliphatic carboxylic acids is 1. The molecule has 1 fully saturated rings. The van der Waals surface area contributed by atoms with E-state index in [-0.39, 0.29) is 11.8 Å². The molecule has 17 heavy (non-hydrogen) atoms. The van der Waals surface area contributed by atoms with E-state index < -0.39 is 12.1 Å². The van der Waals surface area contributed by atoms with Crippen molar-refractivity contribution in [2.45, 2.75) is 19.0 Å². The molecule has 0 bridgehead atoms. The van der Waals surface area contributed by atoms with Gasteiger partial charge in [0.05, 0.1) is 5.92 Å². The molecule has 0 aromatic rings. The molecule has 100 valence electrons. The van der Waals surface area contributed by atoms with E-state index >= 15 is 0 Å². The van der Waals surface area contributed by atoms with Crippen LogP contribution < -0.4 is 10.6 Å². The number of hydrogen-bond donors (Lipinski definition) is 3. The average Bonchev–Trinajstić information content (AvgIpc) is 2.28. The molecule has 1 amide bonds. The van der Waals surface area contributed by atoms with Crippen LogP contribution in [0.25, 0.3) is 0 Å². The van der Waals surface area contributed by atoms with Crippen LogP contribution >= 0.6 is 0 Å². The Kier molecular flexibility index (Phi) is 6.55. The van der Waals surface area contributed by atoms with E-state index in [1.165, 1.54) is 0 Å². The lowest BCUT2D eigenvalue weighted by Crippen LogP contribution is -2.39. The molecule has 8 heteroatoms. The number of amides is 1. The molecule has 0 aliphatic carbocycles. The zero-order valence-corrected chi connectivity index (χ0v) is 9.30. The summed E-state index contributed by atoms with van der Waals surface area (Å²) in [4.78, 5) is 19.9. The quantitative estimate of drug-likeness (QED) is 0.633. The molecule has 0 saturated carbocycles. The van der Waals surface area contributed by atoms with Crippen LogP contribution in [-0.2, 0) is 9.59 Å². The Bertz CT molecular complexity index is 263. The lowest BCUT2D eigenvalue weighted by atomic mass is 9.99.